The van der Waals surface area contributed by atoms with Crippen molar-refractivity contribution in [2.24, 2.45) is 5.73 Å². The van der Waals surface area contributed by atoms with Crippen molar-refractivity contribution < 1.29 is 18.7 Å². The lowest BCUT2D eigenvalue weighted by atomic mass is 10.1. The molecular weight excluding hydrogens is 370 g/mol. The molecule has 3 aromatic rings. The summed E-state index contributed by atoms with van der Waals surface area (Å²) in [5.74, 6) is -0.236. The summed E-state index contributed by atoms with van der Waals surface area (Å²) < 4.78 is 16.2. The van der Waals surface area contributed by atoms with E-state index in [-0.39, 0.29) is 11.5 Å². The minimum absolute atomic E-state index is 0.0972. The van der Waals surface area contributed by atoms with E-state index in [1.54, 1.807) is 24.4 Å². The summed E-state index contributed by atoms with van der Waals surface area (Å²) in [6.45, 7) is 2.53. The number of benzene rings is 1. The average molecular weight is 388 g/mol. The Labute approximate surface area is 160 Å². The van der Waals surface area contributed by atoms with Gasteiger partial charge in [-0.2, -0.15) is 0 Å². The molecule has 1 aliphatic rings. The number of hydrogen-bond acceptors (Lipinski definition) is 7. The van der Waals surface area contributed by atoms with E-state index in [2.05, 4.69) is 4.98 Å². The molecule has 0 aliphatic carbocycles. The summed E-state index contributed by atoms with van der Waals surface area (Å²) >= 11 is 6.46. The first kappa shape index (κ1) is 17.9. The highest BCUT2D eigenvalue weighted by Gasteiger charge is 2.27. The fraction of sp³-hybridized carbons (Fsp3) is 0.263. The first-order valence-corrected chi connectivity index (χ1v) is 8.93. The van der Waals surface area contributed by atoms with Gasteiger partial charge in [0.1, 0.15) is 5.52 Å². The van der Waals surface area contributed by atoms with Crippen LogP contribution in [0.15, 0.2) is 47.2 Å². The second kappa shape index (κ2) is 7.66. The number of morpholine rings is 1. The highest BCUT2D eigenvalue weighted by Crippen LogP contribution is 2.38. The summed E-state index contributed by atoms with van der Waals surface area (Å²) in [6.07, 6.45) is 2.51. The molecule has 0 saturated carbocycles. The molecular formula is C19H18ClN3O4. The summed E-state index contributed by atoms with van der Waals surface area (Å²) in [5.41, 5.74) is 7.56. The Morgan fingerprint density at radius 2 is 2.11 bits per heavy atom. The number of carbonyl (C=O) groups excluding carboxylic acids is 1. The van der Waals surface area contributed by atoms with Gasteiger partial charge in [0, 0.05) is 30.2 Å². The van der Waals surface area contributed by atoms with Crippen LogP contribution in [0.25, 0.3) is 10.9 Å². The number of aromatic nitrogens is 1. The number of ether oxygens (including phenoxy) is 2. The zero-order valence-electron chi connectivity index (χ0n) is 14.4. The molecule has 1 unspecified atom stereocenters. The van der Waals surface area contributed by atoms with Crippen LogP contribution in [-0.2, 0) is 4.74 Å². The molecule has 0 amide bonds. The van der Waals surface area contributed by atoms with Crippen LogP contribution in [0, 0.1) is 0 Å². The number of rotatable bonds is 4. The Balaban J connectivity index is 1.80. The number of hydrogen-bond donors (Lipinski definition) is 1. The Bertz CT molecular complexity index is 955. The lowest BCUT2D eigenvalue weighted by molar-refractivity contribution is 0.0167. The first-order valence-electron chi connectivity index (χ1n) is 8.55. The van der Waals surface area contributed by atoms with Crippen LogP contribution in [0.5, 0.6) is 5.75 Å². The van der Waals surface area contributed by atoms with E-state index in [0.29, 0.717) is 47.8 Å². The standard InChI is InChI=1S/C19H18ClN3O4/c20-14-11-13(18(21)23-6-9-25-10-7-23)17(16-12(14)3-1-5-22-16)27-19(24)15-4-2-8-26-15/h1-5,8,11,18H,6-7,9-10,21H2. The zero-order chi connectivity index (χ0) is 18.8. The Hall–Kier alpha value is -2.45. The number of carbonyl (C=O) groups is 1. The van der Waals surface area contributed by atoms with Crippen LogP contribution < -0.4 is 10.5 Å². The summed E-state index contributed by atoms with van der Waals surface area (Å²) in [7, 11) is 0. The first-order chi connectivity index (χ1) is 13.1. The molecule has 7 nitrogen and oxygen atoms in total. The maximum absolute atomic E-state index is 12.5. The molecule has 1 aromatic carbocycles. The molecule has 1 aliphatic heterocycles. The largest absolute Gasteiger partial charge is 0.457 e. The van der Waals surface area contributed by atoms with E-state index in [1.165, 1.54) is 12.3 Å². The van der Waals surface area contributed by atoms with Crippen molar-refractivity contribution >= 4 is 28.5 Å². The van der Waals surface area contributed by atoms with Crippen molar-refractivity contribution in [3.63, 3.8) is 0 Å². The SMILES string of the molecule is NC(c1cc(Cl)c2cccnc2c1OC(=O)c1ccco1)N1CCOCC1. The molecule has 2 aromatic heterocycles. The highest BCUT2D eigenvalue weighted by atomic mass is 35.5. The highest BCUT2D eigenvalue weighted by molar-refractivity contribution is 6.35. The molecule has 0 spiro atoms. The maximum atomic E-state index is 12.5. The zero-order valence-corrected chi connectivity index (χ0v) is 15.2. The molecule has 0 radical (unpaired) electrons. The minimum atomic E-state index is -0.621. The number of nitrogens with two attached hydrogens (primary N) is 1. The third-order valence-corrected chi connectivity index (χ3v) is 4.81. The average Bonchev–Trinajstić information content (AvgIpc) is 3.25. The molecule has 3 heterocycles. The summed E-state index contributed by atoms with van der Waals surface area (Å²) in [6, 6.07) is 8.48. The summed E-state index contributed by atoms with van der Waals surface area (Å²) in [5, 5.41) is 1.17. The van der Waals surface area contributed by atoms with Crippen molar-refractivity contribution in [2.75, 3.05) is 26.3 Å². The molecule has 27 heavy (non-hydrogen) atoms. The van der Waals surface area contributed by atoms with E-state index in [9.17, 15) is 4.79 Å². The number of furan rings is 1. The van der Waals surface area contributed by atoms with Gasteiger partial charge in [-0.05, 0) is 30.3 Å². The molecule has 1 fully saturated rings. The molecule has 4 rings (SSSR count). The predicted molar refractivity (Wildman–Crippen MR) is 99.7 cm³/mol. The molecule has 1 saturated heterocycles. The Morgan fingerprint density at radius 3 is 2.85 bits per heavy atom. The van der Waals surface area contributed by atoms with E-state index in [0.717, 1.165) is 0 Å². The quantitative estimate of drug-likeness (QED) is 0.543. The number of fused-ring (bicyclic) bond motifs is 1. The number of esters is 1. The molecule has 8 heteroatoms. The van der Waals surface area contributed by atoms with E-state index in [4.69, 9.17) is 31.2 Å². The van der Waals surface area contributed by atoms with Gasteiger partial charge in [0.2, 0.25) is 5.76 Å². The fourth-order valence-corrected chi connectivity index (χ4v) is 3.38. The lowest BCUT2D eigenvalue weighted by Gasteiger charge is -2.33. The van der Waals surface area contributed by atoms with Gasteiger partial charge in [-0.1, -0.05) is 11.6 Å². The molecule has 140 valence electrons. The van der Waals surface area contributed by atoms with Gasteiger partial charge in [-0.3, -0.25) is 9.88 Å². The lowest BCUT2D eigenvalue weighted by Crippen LogP contribution is -2.42. The Kier molecular flexibility index (Phi) is 5.09. The van der Waals surface area contributed by atoms with Crippen LogP contribution in [0.3, 0.4) is 0 Å². The second-order valence-electron chi connectivity index (χ2n) is 6.14. The van der Waals surface area contributed by atoms with Crippen LogP contribution in [-0.4, -0.2) is 42.2 Å². The predicted octanol–water partition coefficient (Wildman–Crippen LogP) is 2.99. The topological polar surface area (TPSA) is 90.8 Å². The van der Waals surface area contributed by atoms with Crippen molar-refractivity contribution in [1.82, 2.24) is 9.88 Å². The van der Waals surface area contributed by atoms with Crippen molar-refractivity contribution in [3.05, 3.63) is 59.1 Å². The Morgan fingerprint density at radius 1 is 1.30 bits per heavy atom. The monoisotopic (exact) mass is 387 g/mol. The van der Waals surface area contributed by atoms with Gasteiger partial charge in [0.25, 0.3) is 0 Å². The van der Waals surface area contributed by atoms with Crippen LogP contribution in [0.4, 0.5) is 0 Å². The van der Waals surface area contributed by atoms with Crippen LogP contribution in [0.1, 0.15) is 22.3 Å². The molecule has 0 bridgehead atoms. The van der Waals surface area contributed by atoms with Gasteiger partial charge in [-0.25, -0.2) is 4.79 Å². The third kappa shape index (κ3) is 3.54. The van der Waals surface area contributed by atoms with E-state index < -0.39 is 12.1 Å². The summed E-state index contributed by atoms with van der Waals surface area (Å²) in [4.78, 5) is 18.9. The smallest absolute Gasteiger partial charge is 0.379 e. The van der Waals surface area contributed by atoms with Gasteiger partial charge in [0.05, 0.1) is 30.7 Å². The maximum Gasteiger partial charge on any atom is 0.379 e. The normalized spacial score (nSPS) is 16.4. The van der Waals surface area contributed by atoms with Crippen LogP contribution >= 0.6 is 11.6 Å². The van der Waals surface area contributed by atoms with Crippen molar-refractivity contribution in [3.8, 4) is 5.75 Å². The van der Waals surface area contributed by atoms with Crippen molar-refractivity contribution in [2.45, 2.75) is 6.17 Å². The fourth-order valence-electron chi connectivity index (χ4n) is 3.11. The second-order valence-corrected chi connectivity index (χ2v) is 6.54. The van der Waals surface area contributed by atoms with E-state index >= 15 is 0 Å². The third-order valence-electron chi connectivity index (χ3n) is 4.50. The number of halogens is 1. The van der Waals surface area contributed by atoms with Gasteiger partial charge < -0.3 is 19.6 Å². The number of pyridine rings is 1. The minimum Gasteiger partial charge on any atom is -0.457 e. The van der Waals surface area contributed by atoms with Crippen LogP contribution in [0.2, 0.25) is 5.02 Å². The van der Waals surface area contributed by atoms with Crippen molar-refractivity contribution in [1.29, 1.82) is 0 Å². The molecule has 1 atom stereocenters. The molecule has 2 N–H and O–H groups in total. The van der Waals surface area contributed by atoms with Gasteiger partial charge in [-0.15, -0.1) is 0 Å². The van der Waals surface area contributed by atoms with E-state index in [1.807, 2.05) is 11.0 Å². The van der Waals surface area contributed by atoms with Gasteiger partial charge in [0.15, 0.2) is 5.75 Å². The van der Waals surface area contributed by atoms with Gasteiger partial charge >= 0.3 is 5.97 Å². The number of nitrogens with zero attached hydrogens (tertiary/aromatic N) is 2.